The van der Waals surface area contributed by atoms with Gasteiger partial charge in [-0.1, -0.05) is 12.1 Å². The number of amides is 1. The molecule has 0 N–H and O–H groups in total. The van der Waals surface area contributed by atoms with Crippen molar-refractivity contribution >= 4 is 11.9 Å². The average Bonchev–Trinajstić information content (AvgIpc) is 3.15. The van der Waals surface area contributed by atoms with Gasteiger partial charge in [-0.15, -0.1) is 10.2 Å². The first kappa shape index (κ1) is 19.8. The SMILES string of the molecule is COC(=O)C1CCN(C(=O)Cn2nnc(-c3cccc(C(F)(F)F)c3)n2)CC1. The van der Waals surface area contributed by atoms with E-state index >= 15 is 0 Å². The summed E-state index contributed by atoms with van der Waals surface area (Å²) in [7, 11) is 1.33. The number of ether oxygens (including phenoxy) is 1. The van der Waals surface area contributed by atoms with Crippen molar-refractivity contribution in [1.29, 1.82) is 0 Å². The Morgan fingerprint density at radius 3 is 2.61 bits per heavy atom. The summed E-state index contributed by atoms with van der Waals surface area (Å²) >= 11 is 0. The zero-order valence-electron chi connectivity index (χ0n) is 15.0. The van der Waals surface area contributed by atoms with Gasteiger partial charge in [0.05, 0.1) is 18.6 Å². The van der Waals surface area contributed by atoms with Gasteiger partial charge in [0.15, 0.2) is 0 Å². The number of carbonyl (C=O) groups excluding carboxylic acids is 2. The molecule has 150 valence electrons. The summed E-state index contributed by atoms with van der Waals surface area (Å²) in [5, 5.41) is 11.5. The van der Waals surface area contributed by atoms with Gasteiger partial charge in [-0.2, -0.15) is 18.0 Å². The summed E-state index contributed by atoms with van der Waals surface area (Å²) in [6.45, 7) is 0.635. The van der Waals surface area contributed by atoms with Gasteiger partial charge in [0.2, 0.25) is 11.7 Å². The van der Waals surface area contributed by atoms with Crippen LogP contribution >= 0.6 is 0 Å². The van der Waals surface area contributed by atoms with Crippen LogP contribution in [0.25, 0.3) is 11.4 Å². The predicted octanol–water partition coefficient (Wildman–Crippen LogP) is 1.77. The van der Waals surface area contributed by atoms with Gasteiger partial charge in [-0.3, -0.25) is 9.59 Å². The van der Waals surface area contributed by atoms with Crippen LogP contribution in [0.5, 0.6) is 0 Å². The Balaban J connectivity index is 1.62. The van der Waals surface area contributed by atoms with Crippen LogP contribution in [0.2, 0.25) is 0 Å². The predicted molar refractivity (Wildman–Crippen MR) is 89.6 cm³/mol. The van der Waals surface area contributed by atoms with Crippen molar-refractivity contribution in [1.82, 2.24) is 25.1 Å². The number of piperidine rings is 1. The largest absolute Gasteiger partial charge is 0.469 e. The number of benzene rings is 1. The van der Waals surface area contributed by atoms with Gasteiger partial charge in [0, 0.05) is 18.7 Å². The number of aromatic nitrogens is 4. The third-order valence-corrected chi connectivity index (χ3v) is 4.56. The minimum absolute atomic E-state index is 0.00306. The number of hydrogen-bond acceptors (Lipinski definition) is 6. The molecule has 1 aliphatic heterocycles. The highest BCUT2D eigenvalue weighted by atomic mass is 19.4. The minimum Gasteiger partial charge on any atom is -0.469 e. The first-order valence-corrected chi connectivity index (χ1v) is 8.59. The van der Waals surface area contributed by atoms with Crippen molar-refractivity contribution < 1.29 is 27.5 Å². The summed E-state index contributed by atoms with van der Waals surface area (Å²) in [4.78, 5) is 26.5. The number of nitrogens with zero attached hydrogens (tertiary/aromatic N) is 5. The zero-order valence-corrected chi connectivity index (χ0v) is 15.0. The van der Waals surface area contributed by atoms with Gasteiger partial charge in [0.25, 0.3) is 0 Å². The number of methoxy groups -OCH3 is 1. The van der Waals surface area contributed by atoms with Crippen LogP contribution < -0.4 is 0 Å². The molecule has 0 radical (unpaired) electrons. The molecule has 1 aromatic carbocycles. The fourth-order valence-corrected chi connectivity index (χ4v) is 3.01. The van der Waals surface area contributed by atoms with Gasteiger partial charge >= 0.3 is 12.1 Å². The van der Waals surface area contributed by atoms with Crippen LogP contribution in [0.3, 0.4) is 0 Å². The molecular weight excluding hydrogens is 379 g/mol. The molecule has 1 aliphatic rings. The molecule has 0 atom stereocenters. The molecule has 0 spiro atoms. The summed E-state index contributed by atoms with van der Waals surface area (Å²) in [6.07, 6.45) is -3.45. The van der Waals surface area contributed by atoms with E-state index in [1.54, 1.807) is 4.90 Å². The fraction of sp³-hybridized carbons (Fsp3) is 0.471. The molecule has 1 aromatic heterocycles. The van der Waals surface area contributed by atoms with Gasteiger partial charge < -0.3 is 9.64 Å². The minimum atomic E-state index is -4.47. The Kier molecular flexibility index (Phi) is 5.61. The molecule has 2 aromatic rings. The van der Waals surface area contributed by atoms with Crippen LogP contribution in [0.1, 0.15) is 18.4 Å². The van der Waals surface area contributed by atoms with Crippen LogP contribution in [0, 0.1) is 5.92 Å². The summed E-state index contributed by atoms with van der Waals surface area (Å²) in [5.74, 6) is -0.749. The molecule has 28 heavy (non-hydrogen) atoms. The number of tetrazole rings is 1. The standard InChI is InChI=1S/C17H18F3N5O3/c1-28-16(27)11-5-7-24(8-6-11)14(26)10-25-22-15(21-23-25)12-3-2-4-13(9-12)17(18,19)20/h2-4,9,11H,5-8,10H2,1H3. The molecule has 11 heteroatoms. The first-order chi connectivity index (χ1) is 13.3. The first-order valence-electron chi connectivity index (χ1n) is 8.59. The van der Waals surface area contributed by atoms with E-state index in [1.165, 1.54) is 19.2 Å². The Labute approximate surface area is 158 Å². The van der Waals surface area contributed by atoms with E-state index in [-0.39, 0.29) is 35.7 Å². The molecule has 0 saturated carbocycles. The third kappa shape index (κ3) is 4.46. The number of halogens is 3. The lowest BCUT2D eigenvalue weighted by Gasteiger charge is -2.30. The number of hydrogen-bond donors (Lipinski definition) is 0. The number of esters is 1. The van der Waals surface area contributed by atoms with Crippen LogP contribution in [-0.4, -0.2) is 57.2 Å². The van der Waals surface area contributed by atoms with Crippen molar-refractivity contribution in [3.05, 3.63) is 29.8 Å². The second kappa shape index (κ2) is 7.95. The lowest BCUT2D eigenvalue weighted by molar-refractivity contribution is -0.149. The Bertz CT molecular complexity index is 860. The smallest absolute Gasteiger partial charge is 0.416 e. The maximum atomic E-state index is 12.8. The van der Waals surface area contributed by atoms with Crippen molar-refractivity contribution in [2.75, 3.05) is 20.2 Å². The molecular formula is C17H18F3N5O3. The van der Waals surface area contributed by atoms with Gasteiger partial charge in [-0.25, -0.2) is 0 Å². The van der Waals surface area contributed by atoms with Crippen molar-refractivity contribution in [2.45, 2.75) is 25.6 Å². The van der Waals surface area contributed by atoms with Crippen LogP contribution in [0.4, 0.5) is 13.2 Å². The van der Waals surface area contributed by atoms with Gasteiger partial charge in [0.1, 0.15) is 6.54 Å². The maximum Gasteiger partial charge on any atom is 0.416 e. The molecule has 8 nitrogen and oxygen atoms in total. The number of likely N-dealkylation sites (tertiary alicyclic amines) is 1. The Morgan fingerprint density at radius 2 is 1.96 bits per heavy atom. The van der Waals surface area contributed by atoms with Crippen molar-refractivity contribution in [2.24, 2.45) is 5.92 Å². The molecule has 0 bridgehead atoms. The van der Waals surface area contributed by atoms with E-state index in [2.05, 4.69) is 15.4 Å². The second-order valence-electron chi connectivity index (χ2n) is 6.40. The Hall–Kier alpha value is -2.98. The monoisotopic (exact) mass is 397 g/mol. The van der Waals surface area contributed by atoms with E-state index in [9.17, 15) is 22.8 Å². The highest BCUT2D eigenvalue weighted by Gasteiger charge is 2.31. The molecule has 0 unspecified atom stereocenters. The number of rotatable bonds is 4. The molecule has 1 saturated heterocycles. The average molecular weight is 397 g/mol. The molecule has 2 heterocycles. The lowest BCUT2D eigenvalue weighted by Crippen LogP contribution is -2.42. The van der Waals surface area contributed by atoms with E-state index in [0.717, 1.165) is 16.9 Å². The summed E-state index contributed by atoms with van der Waals surface area (Å²) < 4.78 is 43.2. The highest BCUT2D eigenvalue weighted by molar-refractivity contribution is 5.77. The highest BCUT2D eigenvalue weighted by Crippen LogP contribution is 2.31. The normalized spacial score (nSPS) is 15.5. The number of alkyl halides is 3. The molecule has 1 amide bonds. The summed E-state index contributed by atoms with van der Waals surface area (Å²) in [5.41, 5.74) is -0.654. The van der Waals surface area contributed by atoms with E-state index in [4.69, 9.17) is 4.74 Å². The van der Waals surface area contributed by atoms with Crippen LogP contribution in [-0.2, 0) is 27.0 Å². The van der Waals surface area contributed by atoms with E-state index < -0.39 is 11.7 Å². The molecule has 0 aliphatic carbocycles. The zero-order chi connectivity index (χ0) is 20.3. The van der Waals surface area contributed by atoms with Crippen molar-refractivity contribution in [3.63, 3.8) is 0 Å². The summed E-state index contributed by atoms with van der Waals surface area (Å²) in [6, 6.07) is 4.58. The Morgan fingerprint density at radius 1 is 1.25 bits per heavy atom. The van der Waals surface area contributed by atoms with Crippen LogP contribution in [0.15, 0.2) is 24.3 Å². The van der Waals surface area contributed by atoms with E-state index in [0.29, 0.717) is 25.9 Å². The van der Waals surface area contributed by atoms with E-state index in [1.807, 2.05) is 0 Å². The topological polar surface area (TPSA) is 90.2 Å². The lowest BCUT2D eigenvalue weighted by atomic mass is 9.97. The third-order valence-electron chi connectivity index (χ3n) is 4.56. The number of carbonyl (C=O) groups is 2. The van der Waals surface area contributed by atoms with Crippen molar-refractivity contribution in [3.8, 4) is 11.4 Å². The second-order valence-corrected chi connectivity index (χ2v) is 6.40. The molecule has 3 rings (SSSR count). The maximum absolute atomic E-state index is 12.8. The molecule has 1 fully saturated rings. The van der Waals surface area contributed by atoms with Gasteiger partial charge in [-0.05, 0) is 30.2 Å². The fourth-order valence-electron chi connectivity index (χ4n) is 3.01. The quantitative estimate of drug-likeness (QED) is 0.731.